The predicted molar refractivity (Wildman–Crippen MR) is 94.6 cm³/mol. The van der Waals surface area contributed by atoms with Gasteiger partial charge >= 0.3 is 0 Å². The molecule has 0 unspecified atom stereocenters. The second-order valence-electron chi connectivity index (χ2n) is 7.10. The topological polar surface area (TPSA) is 53.9 Å². The molecule has 0 aliphatic carbocycles. The van der Waals surface area contributed by atoms with Crippen LogP contribution in [0.2, 0.25) is 0 Å². The van der Waals surface area contributed by atoms with E-state index in [0.29, 0.717) is 0 Å². The maximum atomic E-state index is 12.7. The van der Waals surface area contributed by atoms with Crippen molar-refractivity contribution in [1.29, 1.82) is 0 Å². The molecule has 1 atom stereocenters. The number of rotatable bonds is 5. The number of hydrogen-bond acceptors (Lipinski definition) is 2. The van der Waals surface area contributed by atoms with Gasteiger partial charge in [0.05, 0.1) is 26.2 Å². The number of nitrogens with one attached hydrogen (secondary N) is 2. The molecule has 2 N–H and O–H groups in total. The Morgan fingerprint density at radius 1 is 1.21 bits per heavy atom. The van der Waals surface area contributed by atoms with Crippen molar-refractivity contribution in [3.63, 3.8) is 0 Å². The molecule has 2 rings (SSSR count). The highest BCUT2D eigenvalue weighted by molar-refractivity contribution is 5.87. The Kier molecular flexibility index (Phi) is 6.37. The Hall–Kier alpha value is -1.88. The van der Waals surface area contributed by atoms with Crippen LogP contribution in [-0.4, -0.2) is 48.9 Å². The first-order valence-electron chi connectivity index (χ1n) is 8.82. The number of nitrogens with zero attached hydrogens (tertiary/aromatic N) is 1. The van der Waals surface area contributed by atoms with Crippen molar-refractivity contribution in [2.45, 2.75) is 40.3 Å². The lowest BCUT2D eigenvalue weighted by Crippen LogP contribution is -3.13. The van der Waals surface area contributed by atoms with Gasteiger partial charge in [0.25, 0.3) is 0 Å². The number of piperazine rings is 1. The molecule has 0 spiro atoms. The quantitative estimate of drug-likeness (QED) is 0.819. The summed E-state index contributed by atoms with van der Waals surface area (Å²) in [5.74, 6) is -0.000231. The van der Waals surface area contributed by atoms with Crippen molar-refractivity contribution in [3.8, 4) is 0 Å². The van der Waals surface area contributed by atoms with Gasteiger partial charge in [-0.15, -0.1) is 0 Å². The van der Waals surface area contributed by atoms with Crippen molar-refractivity contribution in [3.05, 3.63) is 35.4 Å². The third-order valence-electron chi connectivity index (χ3n) is 4.78. The van der Waals surface area contributed by atoms with Crippen LogP contribution < -0.4 is 10.2 Å². The van der Waals surface area contributed by atoms with E-state index in [1.807, 2.05) is 18.7 Å². The summed E-state index contributed by atoms with van der Waals surface area (Å²) in [6, 6.07) is 8.07. The maximum Gasteiger partial charge on any atom is 0.245 e. The van der Waals surface area contributed by atoms with Crippen LogP contribution in [0.25, 0.3) is 0 Å². The first-order valence-corrected chi connectivity index (χ1v) is 8.82. The van der Waals surface area contributed by atoms with Crippen molar-refractivity contribution in [2.75, 3.05) is 26.2 Å². The van der Waals surface area contributed by atoms with Gasteiger partial charge in [0.15, 0.2) is 0 Å². The minimum atomic E-state index is -0.416. The van der Waals surface area contributed by atoms with Gasteiger partial charge in [0.2, 0.25) is 11.8 Å². The van der Waals surface area contributed by atoms with Crippen molar-refractivity contribution < 1.29 is 14.5 Å². The molecule has 1 aromatic rings. The molecule has 1 aliphatic heterocycles. The van der Waals surface area contributed by atoms with E-state index in [1.54, 1.807) is 0 Å². The van der Waals surface area contributed by atoms with Gasteiger partial charge in [0.1, 0.15) is 12.6 Å². The van der Waals surface area contributed by atoms with E-state index in [0.717, 1.165) is 32.7 Å². The molecule has 5 nitrogen and oxygen atoms in total. The minimum absolute atomic E-state index is 0.0511. The standard InChI is InChI=1S/C19H29N3O2/c1-14(2)18(20-16(4)23)19(24)22-11-9-21(10-12-22)13-17-8-6-5-7-15(17)3/h5-8,14,18H,9-13H2,1-4H3,(H,20,23)/p+1/t18-/m0/s1. The second-order valence-corrected chi connectivity index (χ2v) is 7.10. The van der Waals surface area contributed by atoms with E-state index in [9.17, 15) is 9.59 Å². The average Bonchev–Trinajstić information content (AvgIpc) is 2.54. The van der Waals surface area contributed by atoms with Crippen LogP contribution in [-0.2, 0) is 16.1 Å². The fourth-order valence-corrected chi connectivity index (χ4v) is 3.23. The van der Waals surface area contributed by atoms with Gasteiger partial charge in [-0.2, -0.15) is 0 Å². The molecule has 2 amide bonds. The molecular formula is C19H30N3O2+. The first kappa shape index (κ1) is 18.5. The lowest BCUT2D eigenvalue weighted by molar-refractivity contribution is -0.917. The monoisotopic (exact) mass is 332 g/mol. The summed E-state index contributed by atoms with van der Waals surface area (Å²) in [5, 5.41) is 2.80. The predicted octanol–water partition coefficient (Wildman–Crippen LogP) is 0.383. The van der Waals surface area contributed by atoms with Gasteiger partial charge in [-0.25, -0.2) is 0 Å². The summed E-state index contributed by atoms with van der Waals surface area (Å²) in [7, 11) is 0. The molecule has 1 aromatic carbocycles. The van der Waals surface area contributed by atoms with E-state index in [2.05, 4.69) is 36.5 Å². The molecule has 1 heterocycles. The summed E-state index contributed by atoms with van der Waals surface area (Å²) >= 11 is 0. The zero-order valence-corrected chi connectivity index (χ0v) is 15.3. The zero-order chi connectivity index (χ0) is 17.7. The highest BCUT2D eigenvalue weighted by atomic mass is 16.2. The molecule has 0 aromatic heterocycles. The van der Waals surface area contributed by atoms with Crippen molar-refractivity contribution >= 4 is 11.8 Å². The van der Waals surface area contributed by atoms with E-state index in [-0.39, 0.29) is 17.7 Å². The molecule has 1 aliphatic rings. The van der Waals surface area contributed by atoms with Crippen LogP contribution in [0.5, 0.6) is 0 Å². The SMILES string of the molecule is CC(=O)N[C@H](C(=O)N1CC[NH+](Cc2ccccc2C)CC1)C(C)C. The fraction of sp³-hybridized carbons (Fsp3) is 0.579. The Balaban J connectivity index is 1.90. The summed E-state index contributed by atoms with van der Waals surface area (Å²) in [6.45, 7) is 12.0. The Morgan fingerprint density at radius 3 is 2.38 bits per heavy atom. The maximum absolute atomic E-state index is 12.7. The third kappa shape index (κ3) is 4.81. The number of carbonyl (C=O) groups is 2. The van der Waals surface area contributed by atoms with Crippen LogP contribution in [0.1, 0.15) is 31.9 Å². The fourth-order valence-electron chi connectivity index (χ4n) is 3.23. The van der Waals surface area contributed by atoms with E-state index in [1.165, 1.54) is 23.0 Å². The van der Waals surface area contributed by atoms with Crippen LogP contribution >= 0.6 is 0 Å². The van der Waals surface area contributed by atoms with Gasteiger partial charge in [-0.1, -0.05) is 38.1 Å². The van der Waals surface area contributed by atoms with Crippen LogP contribution in [0.4, 0.5) is 0 Å². The molecule has 24 heavy (non-hydrogen) atoms. The Bertz CT molecular complexity index is 578. The molecular weight excluding hydrogens is 302 g/mol. The smallest absolute Gasteiger partial charge is 0.245 e. The molecule has 1 fully saturated rings. The molecule has 1 saturated heterocycles. The summed E-state index contributed by atoms with van der Waals surface area (Å²) in [4.78, 5) is 27.5. The Labute approximate surface area is 145 Å². The first-order chi connectivity index (χ1) is 11.4. The molecule has 5 heteroatoms. The van der Waals surface area contributed by atoms with Gasteiger partial charge in [-0.3, -0.25) is 9.59 Å². The summed E-state index contributed by atoms with van der Waals surface area (Å²) in [5.41, 5.74) is 2.71. The summed E-state index contributed by atoms with van der Waals surface area (Å²) in [6.07, 6.45) is 0. The Morgan fingerprint density at radius 2 is 1.83 bits per heavy atom. The zero-order valence-electron chi connectivity index (χ0n) is 15.3. The van der Waals surface area contributed by atoms with Crippen LogP contribution in [0.3, 0.4) is 0 Å². The molecule has 132 valence electrons. The second kappa shape index (κ2) is 8.29. The van der Waals surface area contributed by atoms with Gasteiger partial charge in [0, 0.05) is 12.5 Å². The van der Waals surface area contributed by atoms with Gasteiger partial charge < -0.3 is 15.1 Å². The van der Waals surface area contributed by atoms with Crippen molar-refractivity contribution in [1.82, 2.24) is 10.2 Å². The average molecular weight is 332 g/mol. The highest BCUT2D eigenvalue weighted by Crippen LogP contribution is 2.08. The van der Waals surface area contributed by atoms with E-state index < -0.39 is 6.04 Å². The molecule has 0 saturated carbocycles. The lowest BCUT2D eigenvalue weighted by atomic mass is 10.0. The number of carbonyl (C=O) groups excluding carboxylic acids is 2. The number of hydrogen-bond donors (Lipinski definition) is 2. The highest BCUT2D eigenvalue weighted by Gasteiger charge is 2.31. The summed E-state index contributed by atoms with van der Waals surface area (Å²) < 4.78 is 0. The number of benzene rings is 1. The minimum Gasteiger partial charge on any atom is -0.344 e. The number of quaternary nitrogens is 1. The molecule has 0 bridgehead atoms. The van der Waals surface area contributed by atoms with Crippen molar-refractivity contribution in [2.24, 2.45) is 5.92 Å². The van der Waals surface area contributed by atoms with E-state index in [4.69, 9.17) is 0 Å². The van der Waals surface area contributed by atoms with Gasteiger partial charge in [-0.05, 0) is 18.4 Å². The lowest BCUT2D eigenvalue weighted by Gasteiger charge is -2.35. The van der Waals surface area contributed by atoms with E-state index >= 15 is 0 Å². The normalized spacial score (nSPS) is 17.0. The number of aryl methyl sites for hydroxylation is 1. The van der Waals surface area contributed by atoms with Crippen LogP contribution in [0.15, 0.2) is 24.3 Å². The largest absolute Gasteiger partial charge is 0.344 e. The molecule has 0 radical (unpaired) electrons. The van der Waals surface area contributed by atoms with Crippen LogP contribution in [0, 0.1) is 12.8 Å². The number of amides is 2. The third-order valence-corrected chi connectivity index (χ3v) is 4.78.